The quantitative estimate of drug-likeness (QED) is 0.404. The number of amides is 1. The molecule has 0 bridgehead atoms. The Bertz CT molecular complexity index is 1600. The number of benzene rings is 2. The molecular weight excluding hydrogens is 515 g/mol. The first-order valence-corrected chi connectivity index (χ1v) is 12.7. The molecule has 192 valence electrons. The van der Waals surface area contributed by atoms with Gasteiger partial charge in [0.15, 0.2) is 11.2 Å². The largest absolute Gasteiger partial charge is 0.369 e. The molecule has 2 aromatic carbocycles. The number of hydrogen-bond acceptors (Lipinski definition) is 5. The maximum Gasteiger partial charge on any atom is 0.332 e. The average Bonchev–Trinajstić information content (AvgIpc) is 3.27. The van der Waals surface area contributed by atoms with E-state index >= 15 is 0 Å². The van der Waals surface area contributed by atoms with Crippen LogP contribution in [-0.2, 0) is 18.4 Å². The fraction of sp³-hybridized carbons (Fsp3) is 0.308. The fourth-order valence-electron chi connectivity index (χ4n) is 4.94. The molecule has 4 aromatic rings. The number of likely N-dealkylation sites (tertiary alicyclic amines) is 1. The minimum absolute atomic E-state index is 0.173. The number of hydrogen-bond donors (Lipinski definition) is 1. The van der Waals surface area contributed by atoms with E-state index in [0.717, 1.165) is 17.4 Å². The summed E-state index contributed by atoms with van der Waals surface area (Å²) in [5.41, 5.74) is 6.35. The van der Waals surface area contributed by atoms with Gasteiger partial charge in [-0.1, -0.05) is 35.3 Å². The second kappa shape index (κ2) is 10.2. The lowest BCUT2D eigenvalue weighted by Crippen LogP contribution is -2.43. The lowest BCUT2D eigenvalue weighted by Gasteiger charge is -2.31. The summed E-state index contributed by atoms with van der Waals surface area (Å²) >= 11 is 12.7. The molecule has 1 fully saturated rings. The minimum atomic E-state index is -0.451. The summed E-state index contributed by atoms with van der Waals surface area (Å²) in [4.78, 5) is 45.0. The van der Waals surface area contributed by atoms with Gasteiger partial charge in [-0.2, -0.15) is 0 Å². The van der Waals surface area contributed by atoms with Crippen LogP contribution in [0.2, 0.25) is 10.0 Å². The van der Waals surface area contributed by atoms with Gasteiger partial charge in [-0.15, -0.1) is 0 Å². The molecule has 1 aliphatic heterocycles. The van der Waals surface area contributed by atoms with E-state index in [0.29, 0.717) is 52.4 Å². The Hall–Kier alpha value is -3.40. The summed E-state index contributed by atoms with van der Waals surface area (Å²) in [6.07, 6.45) is 1.58. The van der Waals surface area contributed by atoms with Crippen molar-refractivity contribution in [2.24, 2.45) is 18.7 Å². The van der Waals surface area contributed by atoms with Crippen LogP contribution in [0.3, 0.4) is 0 Å². The lowest BCUT2D eigenvalue weighted by atomic mass is 9.96. The van der Waals surface area contributed by atoms with Gasteiger partial charge in [-0.05, 0) is 68.2 Å². The topological polar surface area (TPSA) is 108 Å². The van der Waals surface area contributed by atoms with Crippen LogP contribution in [0.25, 0.3) is 28.2 Å². The SMILES string of the molecule is Cn1c(=O)c2c(nc(-c3ccccc3Cl)n2-c2ccc(Cl)cc2)n(CC2CCN(CC(N)=O)CC2)c1=O. The Labute approximate surface area is 222 Å². The van der Waals surface area contributed by atoms with Crippen LogP contribution in [0.5, 0.6) is 0 Å². The van der Waals surface area contributed by atoms with Gasteiger partial charge < -0.3 is 5.73 Å². The van der Waals surface area contributed by atoms with Crippen LogP contribution in [-0.4, -0.2) is 49.1 Å². The summed E-state index contributed by atoms with van der Waals surface area (Å²) in [5.74, 6) is 0.275. The normalized spacial score (nSPS) is 14.9. The van der Waals surface area contributed by atoms with Gasteiger partial charge in [0.05, 0.1) is 11.6 Å². The van der Waals surface area contributed by atoms with E-state index < -0.39 is 11.2 Å². The molecule has 3 heterocycles. The summed E-state index contributed by atoms with van der Waals surface area (Å²) in [7, 11) is 1.48. The number of nitrogens with two attached hydrogens (primary N) is 1. The van der Waals surface area contributed by atoms with Crippen molar-refractivity contribution < 1.29 is 4.79 Å². The van der Waals surface area contributed by atoms with Crippen molar-refractivity contribution in [2.75, 3.05) is 19.6 Å². The molecule has 11 heteroatoms. The molecule has 0 aliphatic carbocycles. The van der Waals surface area contributed by atoms with Crippen molar-refractivity contribution in [3.05, 3.63) is 79.4 Å². The van der Waals surface area contributed by atoms with E-state index in [9.17, 15) is 14.4 Å². The first-order valence-electron chi connectivity index (χ1n) is 12.0. The predicted octanol–water partition coefficient (Wildman–Crippen LogP) is 3.06. The number of primary amides is 1. The number of nitrogens with zero attached hydrogens (tertiary/aromatic N) is 5. The van der Waals surface area contributed by atoms with E-state index in [-0.39, 0.29) is 23.9 Å². The number of fused-ring (bicyclic) bond motifs is 1. The molecule has 0 saturated carbocycles. The highest BCUT2D eigenvalue weighted by Gasteiger charge is 2.26. The lowest BCUT2D eigenvalue weighted by molar-refractivity contribution is -0.119. The standard InChI is InChI=1S/C26H26Cl2N6O3/c1-31-25(36)22-24(33(26(31)37)14-16-10-12-32(13-11-16)15-21(29)35)30-23(19-4-2-3-5-20(19)28)34(22)18-8-6-17(27)7-9-18/h2-9,16H,10-15H2,1H3,(H2,29,35). The summed E-state index contributed by atoms with van der Waals surface area (Å²) in [6, 6.07) is 14.3. The third-order valence-corrected chi connectivity index (χ3v) is 7.45. The molecular formula is C26H26Cl2N6O3. The highest BCUT2D eigenvalue weighted by molar-refractivity contribution is 6.33. The van der Waals surface area contributed by atoms with Gasteiger partial charge in [-0.3, -0.25) is 28.2 Å². The van der Waals surface area contributed by atoms with Crippen molar-refractivity contribution >= 4 is 40.3 Å². The minimum Gasteiger partial charge on any atom is -0.369 e. The zero-order valence-electron chi connectivity index (χ0n) is 20.2. The smallest absolute Gasteiger partial charge is 0.332 e. The van der Waals surface area contributed by atoms with Crippen LogP contribution in [0.4, 0.5) is 0 Å². The van der Waals surface area contributed by atoms with Crippen LogP contribution >= 0.6 is 23.2 Å². The molecule has 0 spiro atoms. The molecule has 1 saturated heterocycles. The predicted molar refractivity (Wildman–Crippen MR) is 144 cm³/mol. The summed E-state index contributed by atoms with van der Waals surface area (Å²) in [6.45, 7) is 2.04. The Morgan fingerprint density at radius 1 is 1.05 bits per heavy atom. The van der Waals surface area contributed by atoms with Crippen LogP contribution in [0.1, 0.15) is 12.8 Å². The van der Waals surface area contributed by atoms with Crippen molar-refractivity contribution in [1.29, 1.82) is 0 Å². The highest BCUT2D eigenvalue weighted by atomic mass is 35.5. The van der Waals surface area contributed by atoms with Crippen molar-refractivity contribution in [2.45, 2.75) is 19.4 Å². The Balaban J connectivity index is 1.68. The molecule has 1 amide bonds. The zero-order valence-corrected chi connectivity index (χ0v) is 21.7. The van der Waals surface area contributed by atoms with Gasteiger partial charge in [0.2, 0.25) is 5.91 Å². The number of carbonyl (C=O) groups excluding carboxylic acids is 1. The molecule has 2 aromatic heterocycles. The van der Waals surface area contributed by atoms with E-state index in [4.69, 9.17) is 33.9 Å². The van der Waals surface area contributed by atoms with Crippen LogP contribution in [0.15, 0.2) is 58.1 Å². The van der Waals surface area contributed by atoms with E-state index in [1.165, 1.54) is 7.05 Å². The molecule has 5 rings (SSSR count). The van der Waals surface area contributed by atoms with E-state index in [2.05, 4.69) is 0 Å². The van der Waals surface area contributed by atoms with Gasteiger partial charge in [0.1, 0.15) is 5.82 Å². The van der Waals surface area contributed by atoms with Gasteiger partial charge in [0, 0.05) is 29.9 Å². The monoisotopic (exact) mass is 540 g/mol. The number of rotatable bonds is 6. The summed E-state index contributed by atoms with van der Waals surface area (Å²) < 4.78 is 4.44. The summed E-state index contributed by atoms with van der Waals surface area (Å²) in [5, 5.41) is 1.03. The highest BCUT2D eigenvalue weighted by Crippen LogP contribution is 2.32. The van der Waals surface area contributed by atoms with Gasteiger partial charge in [-0.25, -0.2) is 9.78 Å². The van der Waals surface area contributed by atoms with Gasteiger partial charge >= 0.3 is 5.69 Å². The number of carbonyl (C=O) groups is 1. The molecule has 0 unspecified atom stereocenters. The second-order valence-electron chi connectivity index (χ2n) is 9.34. The Morgan fingerprint density at radius 3 is 2.38 bits per heavy atom. The molecule has 37 heavy (non-hydrogen) atoms. The third-order valence-electron chi connectivity index (χ3n) is 6.87. The van der Waals surface area contributed by atoms with E-state index in [1.54, 1.807) is 39.5 Å². The first-order chi connectivity index (χ1) is 17.7. The van der Waals surface area contributed by atoms with E-state index in [1.807, 2.05) is 23.1 Å². The first kappa shape index (κ1) is 25.3. The second-order valence-corrected chi connectivity index (χ2v) is 10.2. The number of halogens is 2. The maximum absolute atomic E-state index is 13.5. The average molecular weight is 541 g/mol. The number of aromatic nitrogens is 4. The van der Waals surface area contributed by atoms with Crippen LogP contribution in [0, 0.1) is 5.92 Å². The van der Waals surface area contributed by atoms with Crippen molar-refractivity contribution in [1.82, 2.24) is 23.6 Å². The Morgan fingerprint density at radius 2 is 1.73 bits per heavy atom. The number of piperidine rings is 1. The maximum atomic E-state index is 13.5. The zero-order chi connectivity index (χ0) is 26.3. The van der Waals surface area contributed by atoms with Gasteiger partial charge in [0.25, 0.3) is 5.56 Å². The molecule has 0 radical (unpaired) electrons. The fourth-order valence-corrected chi connectivity index (χ4v) is 5.29. The third kappa shape index (κ3) is 4.82. The molecule has 1 aliphatic rings. The van der Waals surface area contributed by atoms with Crippen LogP contribution < -0.4 is 17.0 Å². The molecule has 2 N–H and O–H groups in total. The molecule has 9 nitrogen and oxygen atoms in total. The van der Waals surface area contributed by atoms with Crippen molar-refractivity contribution in [3.63, 3.8) is 0 Å². The Kier molecular flexibility index (Phi) is 6.94. The number of imidazole rings is 1. The molecule has 0 atom stereocenters. The van der Waals surface area contributed by atoms with Crippen molar-refractivity contribution in [3.8, 4) is 17.1 Å².